The molecule has 0 saturated carbocycles. The summed E-state index contributed by atoms with van der Waals surface area (Å²) in [6.45, 7) is 2.81. The number of hydrogen-bond acceptors (Lipinski definition) is 6. The lowest BCUT2D eigenvalue weighted by Gasteiger charge is -2.35. The first kappa shape index (κ1) is 14.9. The van der Waals surface area contributed by atoms with Crippen molar-refractivity contribution in [2.24, 2.45) is 0 Å². The molecule has 2 aliphatic heterocycles. The molecule has 1 aromatic rings. The van der Waals surface area contributed by atoms with E-state index in [9.17, 15) is 8.42 Å². The van der Waals surface area contributed by atoms with E-state index in [0.717, 1.165) is 24.4 Å². The van der Waals surface area contributed by atoms with Gasteiger partial charge in [-0.15, -0.1) is 11.3 Å². The highest BCUT2D eigenvalue weighted by Gasteiger charge is 2.32. The Morgan fingerprint density at radius 1 is 1.52 bits per heavy atom. The number of ether oxygens (including phenoxy) is 1. The number of rotatable bonds is 4. The Balaban J connectivity index is 1.58. The summed E-state index contributed by atoms with van der Waals surface area (Å²) >= 11 is 0.979. The lowest BCUT2D eigenvalue weighted by atomic mass is 10.2. The van der Waals surface area contributed by atoms with Gasteiger partial charge < -0.3 is 4.74 Å². The molecule has 0 aromatic carbocycles. The fourth-order valence-corrected chi connectivity index (χ4v) is 5.02. The topological polar surface area (TPSA) is 82.4 Å². The summed E-state index contributed by atoms with van der Waals surface area (Å²) in [5.74, 6) is 0. The summed E-state index contributed by atoms with van der Waals surface area (Å²) in [6.07, 6.45) is 2.26. The van der Waals surface area contributed by atoms with Gasteiger partial charge in [-0.1, -0.05) is 0 Å². The summed E-state index contributed by atoms with van der Waals surface area (Å²) in [7, 11) is -3.55. The largest absolute Gasteiger partial charge is 0.374 e. The Bertz CT molecular complexity index is 650. The molecule has 21 heavy (non-hydrogen) atoms. The lowest BCUT2D eigenvalue weighted by Crippen LogP contribution is -2.49. The van der Waals surface area contributed by atoms with E-state index in [2.05, 4.69) is 9.62 Å². The van der Waals surface area contributed by atoms with E-state index in [-0.39, 0.29) is 16.9 Å². The van der Waals surface area contributed by atoms with Gasteiger partial charge in [0.2, 0.25) is 10.0 Å². The van der Waals surface area contributed by atoms with Crippen molar-refractivity contribution in [2.75, 3.05) is 26.2 Å². The van der Waals surface area contributed by atoms with Crippen LogP contribution in [0.25, 0.3) is 0 Å². The van der Waals surface area contributed by atoms with E-state index >= 15 is 0 Å². The zero-order chi connectivity index (χ0) is 14.9. The molecule has 114 valence electrons. The van der Waals surface area contributed by atoms with Crippen LogP contribution in [0.1, 0.15) is 17.7 Å². The normalized spacial score (nSPS) is 26.4. The second-order valence-electron chi connectivity index (χ2n) is 5.33. The van der Waals surface area contributed by atoms with Crippen molar-refractivity contribution in [1.82, 2.24) is 9.62 Å². The number of morpholine rings is 1. The lowest BCUT2D eigenvalue weighted by molar-refractivity contribution is -0.0448. The van der Waals surface area contributed by atoms with Crippen molar-refractivity contribution in [1.29, 1.82) is 5.26 Å². The third-order valence-electron chi connectivity index (χ3n) is 3.92. The molecule has 0 spiro atoms. The van der Waals surface area contributed by atoms with Crippen molar-refractivity contribution in [3.8, 4) is 6.07 Å². The van der Waals surface area contributed by atoms with Crippen LogP contribution in [0.15, 0.2) is 16.3 Å². The van der Waals surface area contributed by atoms with Crippen molar-refractivity contribution >= 4 is 21.4 Å². The first-order chi connectivity index (χ1) is 10.1. The van der Waals surface area contributed by atoms with Crippen LogP contribution in [-0.4, -0.2) is 51.7 Å². The summed E-state index contributed by atoms with van der Waals surface area (Å²) in [5, 5.41) is 8.76. The molecule has 2 fully saturated rings. The van der Waals surface area contributed by atoms with Gasteiger partial charge in [-0.25, -0.2) is 13.1 Å². The number of thiophene rings is 1. The van der Waals surface area contributed by atoms with Crippen LogP contribution in [0.3, 0.4) is 0 Å². The average molecular weight is 327 g/mol. The van der Waals surface area contributed by atoms with E-state index < -0.39 is 10.0 Å². The van der Waals surface area contributed by atoms with Crippen LogP contribution in [0.5, 0.6) is 0 Å². The minimum Gasteiger partial charge on any atom is -0.374 e. The number of fused-ring (bicyclic) bond motifs is 1. The molecule has 3 heterocycles. The van der Waals surface area contributed by atoms with Crippen LogP contribution in [0.4, 0.5) is 0 Å². The molecule has 0 bridgehead atoms. The Hall–Kier alpha value is -0.980. The highest BCUT2D eigenvalue weighted by atomic mass is 32.2. The third-order valence-corrected chi connectivity index (χ3v) is 6.82. The van der Waals surface area contributed by atoms with Gasteiger partial charge in [0, 0.05) is 19.1 Å². The molecule has 0 aliphatic carbocycles. The maximum atomic E-state index is 12.2. The Labute approximate surface area is 128 Å². The summed E-state index contributed by atoms with van der Waals surface area (Å²) < 4.78 is 32.8. The minimum atomic E-state index is -3.55. The quantitative estimate of drug-likeness (QED) is 0.883. The van der Waals surface area contributed by atoms with Crippen LogP contribution >= 0.6 is 11.3 Å². The van der Waals surface area contributed by atoms with Crippen molar-refractivity contribution < 1.29 is 13.2 Å². The van der Waals surface area contributed by atoms with E-state index in [1.54, 1.807) is 0 Å². The van der Waals surface area contributed by atoms with Crippen LogP contribution < -0.4 is 4.72 Å². The monoisotopic (exact) mass is 327 g/mol. The maximum absolute atomic E-state index is 12.2. The summed E-state index contributed by atoms with van der Waals surface area (Å²) in [6, 6.07) is 5.43. The maximum Gasteiger partial charge on any atom is 0.250 e. The molecule has 2 atom stereocenters. The zero-order valence-electron chi connectivity index (χ0n) is 11.5. The average Bonchev–Trinajstić information content (AvgIpc) is 3.13. The van der Waals surface area contributed by atoms with Gasteiger partial charge in [-0.2, -0.15) is 5.26 Å². The first-order valence-corrected chi connectivity index (χ1v) is 9.24. The molecule has 6 nitrogen and oxygen atoms in total. The molecule has 2 aliphatic rings. The van der Waals surface area contributed by atoms with E-state index in [1.807, 2.05) is 6.07 Å². The number of sulfonamides is 1. The number of nitriles is 1. The predicted octanol–water partition coefficient (Wildman–Crippen LogP) is 0.761. The van der Waals surface area contributed by atoms with Crippen LogP contribution in [0.2, 0.25) is 0 Å². The number of nitrogens with zero attached hydrogens (tertiary/aromatic N) is 2. The zero-order valence-corrected chi connectivity index (χ0v) is 13.1. The van der Waals surface area contributed by atoms with E-state index in [4.69, 9.17) is 10.00 Å². The number of hydrogen-bond donors (Lipinski definition) is 1. The fraction of sp³-hybridized carbons (Fsp3) is 0.615. The van der Waals surface area contributed by atoms with Gasteiger partial charge in [0.25, 0.3) is 0 Å². The molecule has 8 heteroatoms. The van der Waals surface area contributed by atoms with Gasteiger partial charge in [0.15, 0.2) is 0 Å². The van der Waals surface area contributed by atoms with Gasteiger partial charge in [0.05, 0.1) is 12.7 Å². The second-order valence-corrected chi connectivity index (χ2v) is 8.41. The molecule has 1 aromatic heterocycles. The van der Waals surface area contributed by atoms with E-state index in [1.165, 1.54) is 25.0 Å². The predicted molar refractivity (Wildman–Crippen MR) is 78.6 cm³/mol. The molecule has 3 rings (SSSR count). The standard InChI is InChI=1S/C13H17N3O3S2/c14-6-12-3-4-13(20-12)21(17,18)15-7-11-8-16-5-1-2-10(16)9-19-11/h3-4,10-11,15H,1-2,5,7-9H2. The molecular weight excluding hydrogens is 310 g/mol. The Kier molecular flexibility index (Phi) is 4.28. The molecule has 0 radical (unpaired) electrons. The molecule has 0 amide bonds. The highest BCUT2D eigenvalue weighted by Crippen LogP contribution is 2.23. The smallest absolute Gasteiger partial charge is 0.250 e. The van der Waals surface area contributed by atoms with Crippen LogP contribution in [0, 0.1) is 11.3 Å². The minimum absolute atomic E-state index is 0.107. The van der Waals surface area contributed by atoms with Crippen molar-refractivity contribution in [3.63, 3.8) is 0 Å². The molecular formula is C13H17N3O3S2. The summed E-state index contributed by atoms with van der Waals surface area (Å²) in [4.78, 5) is 2.77. The van der Waals surface area contributed by atoms with Gasteiger partial charge in [-0.05, 0) is 31.5 Å². The first-order valence-electron chi connectivity index (χ1n) is 6.94. The van der Waals surface area contributed by atoms with Gasteiger partial charge in [-0.3, -0.25) is 4.90 Å². The number of nitrogens with one attached hydrogen (secondary N) is 1. The Morgan fingerprint density at radius 2 is 2.38 bits per heavy atom. The highest BCUT2D eigenvalue weighted by molar-refractivity contribution is 7.91. The fourth-order valence-electron chi connectivity index (χ4n) is 2.81. The second kappa shape index (κ2) is 6.02. The molecule has 1 N–H and O–H groups in total. The summed E-state index contributed by atoms with van der Waals surface area (Å²) in [5.41, 5.74) is 0. The van der Waals surface area contributed by atoms with Gasteiger partial charge >= 0.3 is 0 Å². The van der Waals surface area contributed by atoms with Crippen molar-refractivity contribution in [2.45, 2.75) is 29.2 Å². The van der Waals surface area contributed by atoms with Crippen LogP contribution in [-0.2, 0) is 14.8 Å². The van der Waals surface area contributed by atoms with E-state index in [0.29, 0.717) is 17.5 Å². The van der Waals surface area contributed by atoms with Gasteiger partial charge in [0.1, 0.15) is 15.2 Å². The molecule has 2 unspecified atom stereocenters. The SMILES string of the molecule is N#Cc1ccc(S(=O)(=O)NCC2CN3CCCC3CO2)s1. The molecule has 2 saturated heterocycles. The Morgan fingerprint density at radius 3 is 3.14 bits per heavy atom. The third kappa shape index (κ3) is 3.27. The van der Waals surface area contributed by atoms with Crippen molar-refractivity contribution in [3.05, 3.63) is 17.0 Å².